The molecule has 4 aliphatic rings. The summed E-state index contributed by atoms with van der Waals surface area (Å²) in [6.45, 7) is 7.78. The number of ketones is 2. The number of alkyl halides is 2. The Morgan fingerprint density at radius 2 is 1.61 bits per heavy atom. The van der Waals surface area contributed by atoms with E-state index < -0.39 is 58.5 Å². The minimum absolute atomic E-state index is 0.0364. The molecule has 0 saturated heterocycles. The molecular formula is C28H40F2O6. The number of hydrogen-bond donors (Lipinski definition) is 0. The minimum atomic E-state index is -1.58. The van der Waals surface area contributed by atoms with Gasteiger partial charge in [0.15, 0.2) is 17.9 Å². The number of carbonyl (C=O) groups excluding carboxylic acids is 4. The van der Waals surface area contributed by atoms with Crippen LogP contribution in [-0.2, 0) is 28.7 Å². The van der Waals surface area contributed by atoms with Gasteiger partial charge in [-0.1, -0.05) is 34.6 Å². The molecule has 4 saturated carbocycles. The minimum Gasteiger partial charge on any atom is -0.455 e. The molecule has 0 heterocycles. The molecule has 0 unspecified atom stereocenters. The lowest BCUT2D eigenvalue weighted by atomic mass is 9.42. The van der Waals surface area contributed by atoms with Crippen LogP contribution in [0.15, 0.2) is 0 Å². The molecular weight excluding hydrogens is 470 g/mol. The fourth-order valence-electron chi connectivity index (χ4n) is 9.03. The van der Waals surface area contributed by atoms with Crippen molar-refractivity contribution in [2.24, 2.45) is 34.5 Å². The van der Waals surface area contributed by atoms with Crippen molar-refractivity contribution < 1.29 is 37.4 Å². The van der Waals surface area contributed by atoms with Crippen LogP contribution >= 0.6 is 0 Å². The number of hydrogen-bond acceptors (Lipinski definition) is 6. The third-order valence-electron chi connectivity index (χ3n) is 10.8. The van der Waals surface area contributed by atoms with Crippen LogP contribution in [0, 0.1) is 34.5 Å². The van der Waals surface area contributed by atoms with Gasteiger partial charge in [0.25, 0.3) is 0 Å². The molecule has 0 aromatic heterocycles. The molecule has 0 bridgehead atoms. The average molecular weight is 511 g/mol. The van der Waals surface area contributed by atoms with E-state index in [2.05, 4.69) is 0 Å². The molecule has 6 nitrogen and oxygen atoms in total. The van der Waals surface area contributed by atoms with Gasteiger partial charge in [-0.2, -0.15) is 0 Å². The van der Waals surface area contributed by atoms with Crippen LogP contribution in [0.25, 0.3) is 0 Å². The SMILES string of the molecule is CCC(=O)O[C@]12CC(=O)CC[C@]1(C)[C@H]1CC[C@@]3(C)[C@@H](C[C@H](C)[C@]3(OC(=O)CC)C(=O)CF)[C@@H]1C[C@H]2F. The maximum atomic E-state index is 16.4. The summed E-state index contributed by atoms with van der Waals surface area (Å²) in [5.41, 5.74) is -4.64. The Morgan fingerprint density at radius 3 is 2.22 bits per heavy atom. The predicted molar refractivity (Wildman–Crippen MR) is 127 cm³/mol. The molecule has 8 heteroatoms. The second-order valence-corrected chi connectivity index (χ2v) is 12.1. The fourth-order valence-corrected chi connectivity index (χ4v) is 9.03. The van der Waals surface area contributed by atoms with E-state index in [1.54, 1.807) is 13.8 Å². The van der Waals surface area contributed by atoms with Gasteiger partial charge >= 0.3 is 11.9 Å². The molecule has 0 spiro atoms. The van der Waals surface area contributed by atoms with Crippen molar-refractivity contribution in [1.82, 2.24) is 0 Å². The number of fused-ring (bicyclic) bond motifs is 5. The van der Waals surface area contributed by atoms with Crippen LogP contribution in [-0.4, -0.2) is 47.6 Å². The molecule has 0 N–H and O–H groups in total. The zero-order valence-electron chi connectivity index (χ0n) is 22.2. The van der Waals surface area contributed by atoms with E-state index in [9.17, 15) is 23.6 Å². The van der Waals surface area contributed by atoms with E-state index in [0.29, 0.717) is 32.1 Å². The standard InChI is InChI=1S/C28H40F2O6/c1-6-23(33)35-27-14-17(31)8-10-25(27,4)19-9-11-26(5)20(18(19)13-21(27)30)12-16(3)28(26,22(32)15-29)36-24(34)7-2/h16,18-21H,6-15H2,1-5H3/t16-,18+,19-,20-,21+,25+,26-,27-,28-/m0/s1. The number of carbonyl (C=O) groups is 4. The first kappa shape index (κ1) is 27.2. The van der Waals surface area contributed by atoms with Crippen molar-refractivity contribution in [2.45, 2.75) is 110 Å². The van der Waals surface area contributed by atoms with Crippen molar-refractivity contribution >= 4 is 23.5 Å². The van der Waals surface area contributed by atoms with Crippen molar-refractivity contribution in [3.63, 3.8) is 0 Å². The Morgan fingerprint density at radius 1 is 0.972 bits per heavy atom. The Bertz CT molecular complexity index is 952. The van der Waals surface area contributed by atoms with Crippen molar-refractivity contribution in [1.29, 1.82) is 0 Å². The highest BCUT2D eigenvalue weighted by Gasteiger charge is 2.75. The average Bonchev–Trinajstić information content (AvgIpc) is 3.07. The van der Waals surface area contributed by atoms with E-state index >= 15 is 4.39 Å². The lowest BCUT2D eigenvalue weighted by Crippen LogP contribution is -2.69. The van der Waals surface area contributed by atoms with Gasteiger partial charge in [-0.05, 0) is 49.9 Å². The summed E-state index contributed by atoms with van der Waals surface area (Å²) in [5.74, 6) is -2.63. The van der Waals surface area contributed by atoms with Gasteiger partial charge in [0.1, 0.15) is 12.0 Å². The summed E-state index contributed by atoms with van der Waals surface area (Å²) in [6.07, 6.45) is 0.984. The van der Waals surface area contributed by atoms with Gasteiger partial charge in [-0.25, -0.2) is 8.78 Å². The Hall–Kier alpha value is -1.86. The van der Waals surface area contributed by atoms with Gasteiger partial charge < -0.3 is 9.47 Å². The highest BCUT2D eigenvalue weighted by molar-refractivity contribution is 5.92. The molecule has 0 aliphatic heterocycles. The summed E-state index contributed by atoms with van der Waals surface area (Å²) >= 11 is 0. The summed E-state index contributed by atoms with van der Waals surface area (Å²) in [5, 5.41) is 0. The van der Waals surface area contributed by atoms with Gasteiger partial charge in [0.2, 0.25) is 5.78 Å². The van der Waals surface area contributed by atoms with Crippen LogP contribution in [0.4, 0.5) is 8.78 Å². The van der Waals surface area contributed by atoms with Gasteiger partial charge in [-0.15, -0.1) is 0 Å². The summed E-state index contributed by atoms with van der Waals surface area (Å²) < 4.78 is 42.1. The summed E-state index contributed by atoms with van der Waals surface area (Å²) in [6, 6.07) is 0. The number of Topliss-reactive ketones (excluding diaryl/α,β-unsaturated/α-hetero) is 2. The molecule has 202 valence electrons. The van der Waals surface area contributed by atoms with Crippen molar-refractivity contribution in [3.05, 3.63) is 0 Å². The normalized spacial score (nSPS) is 45.8. The Kier molecular flexibility index (Phi) is 6.91. The zero-order chi connectivity index (χ0) is 26.7. The fraction of sp³-hybridized carbons (Fsp3) is 0.857. The maximum Gasteiger partial charge on any atom is 0.306 e. The first-order valence-electron chi connectivity index (χ1n) is 13.6. The van der Waals surface area contributed by atoms with Crippen LogP contribution in [0.1, 0.15) is 92.4 Å². The highest BCUT2D eigenvalue weighted by Crippen LogP contribution is 2.71. The first-order chi connectivity index (χ1) is 16.9. The van der Waals surface area contributed by atoms with Gasteiger partial charge in [0, 0.05) is 42.4 Å². The molecule has 4 aliphatic carbocycles. The first-order valence-corrected chi connectivity index (χ1v) is 13.6. The summed E-state index contributed by atoms with van der Waals surface area (Å²) in [4.78, 5) is 50.7. The topological polar surface area (TPSA) is 86.7 Å². The number of ether oxygens (including phenoxy) is 2. The van der Waals surface area contributed by atoms with E-state index in [4.69, 9.17) is 9.47 Å². The van der Waals surface area contributed by atoms with E-state index in [1.165, 1.54) is 0 Å². The second kappa shape index (κ2) is 9.16. The van der Waals surface area contributed by atoms with E-state index in [-0.39, 0.29) is 49.2 Å². The molecule has 4 fully saturated rings. The maximum absolute atomic E-state index is 16.4. The van der Waals surface area contributed by atoms with E-state index in [1.807, 2.05) is 20.8 Å². The third kappa shape index (κ3) is 3.44. The molecule has 0 aromatic rings. The van der Waals surface area contributed by atoms with E-state index in [0.717, 1.165) is 0 Å². The van der Waals surface area contributed by atoms with Crippen LogP contribution in [0.2, 0.25) is 0 Å². The lowest BCUT2D eigenvalue weighted by molar-refractivity contribution is -0.252. The largest absolute Gasteiger partial charge is 0.455 e. The quantitative estimate of drug-likeness (QED) is 0.462. The van der Waals surface area contributed by atoms with Crippen LogP contribution < -0.4 is 0 Å². The zero-order valence-corrected chi connectivity index (χ0v) is 22.2. The molecule has 0 radical (unpaired) electrons. The van der Waals surface area contributed by atoms with Crippen LogP contribution in [0.3, 0.4) is 0 Å². The number of halogens is 2. The third-order valence-corrected chi connectivity index (χ3v) is 10.8. The van der Waals surface area contributed by atoms with Gasteiger partial charge in [0.05, 0.1) is 0 Å². The second-order valence-electron chi connectivity index (χ2n) is 12.1. The number of esters is 2. The van der Waals surface area contributed by atoms with Crippen LogP contribution in [0.5, 0.6) is 0 Å². The Labute approximate surface area is 212 Å². The van der Waals surface area contributed by atoms with Gasteiger partial charge in [-0.3, -0.25) is 19.2 Å². The Balaban J connectivity index is 1.78. The molecule has 9 atom stereocenters. The number of rotatable bonds is 6. The van der Waals surface area contributed by atoms with Crippen molar-refractivity contribution in [2.75, 3.05) is 6.67 Å². The highest BCUT2D eigenvalue weighted by atomic mass is 19.1. The molecule has 0 aromatic carbocycles. The predicted octanol–water partition coefficient (Wildman–Crippen LogP) is 5.10. The monoisotopic (exact) mass is 510 g/mol. The molecule has 36 heavy (non-hydrogen) atoms. The lowest BCUT2D eigenvalue weighted by Gasteiger charge is -2.65. The smallest absolute Gasteiger partial charge is 0.306 e. The molecule has 0 amide bonds. The molecule has 4 rings (SSSR count). The van der Waals surface area contributed by atoms with Crippen molar-refractivity contribution in [3.8, 4) is 0 Å². The summed E-state index contributed by atoms with van der Waals surface area (Å²) in [7, 11) is 0.